The van der Waals surface area contributed by atoms with Crippen molar-refractivity contribution in [1.29, 1.82) is 0 Å². The summed E-state index contributed by atoms with van der Waals surface area (Å²) in [7, 11) is 0. The molecule has 434 valence electrons. The summed E-state index contributed by atoms with van der Waals surface area (Å²) in [6.07, 6.45) is 72.6. The first-order valence-corrected chi connectivity index (χ1v) is 33.5. The van der Waals surface area contributed by atoms with E-state index in [2.05, 4.69) is 20.8 Å². The lowest BCUT2D eigenvalue weighted by Crippen LogP contribution is -2.30. The fourth-order valence-electron chi connectivity index (χ4n) is 10.6. The van der Waals surface area contributed by atoms with E-state index >= 15 is 0 Å². The van der Waals surface area contributed by atoms with Gasteiger partial charge in [-0.2, -0.15) is 0 Å². The monoisotopic (exact) mass is 1030 g/mol. The van der Waals surface area contributed by atoms with E-state index in [1.54, 1.807) is 0 Å². The van der Waals surface area contributed by atoms with Crippen molar-refractivity contribution >= 4 is 17.9 Å². The van der Waals surface area contributed by atoms with Crippen LogP contribution in [0.5, 0.6) is 0 Å². The van der Waals surface area contributed by atoms with Gasteiger partial charge in [-0.05, 0) is 19.3 Å². The second-order valence-electron chi connectivity index (χ2n) is 23.1. The number of ether oxygens (including phenoxy) is 3. The van der Waals surface area contributed by atoms with Gasteiger partial charge in [-0.1, -0.05) is 355 Å². The number of hydrogen-bond donors (Lipinski definition) is 0. The van der Waals surface area contributed by atoms with E-state index in [-0.39, 0.29) is 31.1 Å². The molecule has 0 radical (unpaired) electrons. The molecular weight excluding hydrogens is 901 g/mol. The molecule has 0 aromatic heterocycles. The molecular formula is C67H130O6. The quantitative estimate of drug-likeness (QED) is 0.0343. The van der Waals surface area contributed by atoms with E-state index in [0.717, 1.165) is 57.8 Å². The van der Waals surface area contributed by atoms with E-state index in [0.29, 0.717) is 19.3 Å². The zero-order chi connectivity index (χ0) is 52.9. The molecule has 0 fully saturated rings. The highest BCUT2D eigenvalue weighted by Crippen LogP contribution is 2.19. The first kappa shape index (κ1) is 71.4. The Labute approximate surface area is 457 Å². The third kappa shape index (κ3) is 61.1. The minimum atomic E-state index is -0.763. The van der Waals surface area contributed by atoms with Crippen LogP contribution in [-0.4, -0.2) is 37.2 Å². The summed E-state index contributed by atoms with van der Waals surface area (Å²) in [5.41, 5.74) is 0. The Bertz CT molecular complexity index is 1090. The summed E-state index contributed by atoms with van der Waals surface area (Å²) in [5, 5.41) is 0. The summed E-state index contributed by atoms with van der Waals surface area (Å²) in [5.74, 6) is -0.821. The van der Waals surface area contributed by atoms with Crippen LogP contribution in [-0.2, 0) is 28.6 Å². The lowest BCUT2D eigenvalue weighted by atomic mass is 10.0. The average molecular weight is 1030 g/mol. The Hall–Kier alpha value is -1.59. The SMILES string of the molecule is CCCCCCCCCCCCCCCCCCCCCCCC(=O)O[C@@H](COC(=O)CCCCCCCCCCCCCCCCC)COC(=O)CCCCCCCCCCCCCCCCCCCCC. The number of hydrogen-bond acceptors (Lipinski definition) is 6. The molecule has 0 heterocycles. The van der Waals surface area contributed by atoms with Gasteiger partial charge in [0.25, 0.3) is 0 Å². The molecule has 6 heteroatoms. The summed E-state index contributed by atoms with van der Waals surface area (Å²) in [6.45, 7) is 6.74. The Kier molecular flexibility index (Phi) is 61.6. The van der Waals surface area contributed by atoms with Crippen molar-refractivity contribution in [3.63, 3.8) is 0 Å². The predicted molar refractivity (Wildman–Crippen MR) is 317 cm³/mol. The highest BCUT2D eigenvalue weighted by molar-refractivity contribution is 5.71. The van der Waals surface area contributed by atoms with Crippen LogP contribution in [0, 0.1) is 0 Å². The van der Waals surface area contributed by atoms with Crippen molar-refractivity contribution < 1.29 is 28.6 Å². The molecule has 0 spiro atoms. The summed E-state index contributed by atoms with van der Waals surface area (Å²) in [4.78, 5) is 38.4. The number of carbonyl (C=O) groups excluding carboxylic acids is 3. The van der Waals surface area contributed by atoms with Crippen LogP contribution >= 0.6 is 0 Å². The second kappa shape index (κ2) is 62.9. The molecule has 73 heavy (non-hydrogen) atoms. The minimum absolute atomic E-state index is 0.0603. The Morgan fingerprint density at radius 3 is 0.548 bits per heavy atom. The summed E-state index contributed by atoms with van der Waals surface area (Å²) >= 11 is 0. The maximum atomic E-state index is 12.9. The number of unbranched alkanes of at least 4 members (excludes halogenated alkanes) is 52. The lowest BCUT2D eigenvalue weighted by molar-refractivity contribution is -0.167. The maximum Gasteiger partial charge on any atom is 0.306 e. The van der Waals surface area contributed by atoms with Gasteiger partial charge in [0, 0.05) is 19.3 Å². The number of esters is 3. The van der Waals surface area contributed by atoms with Gasteiger partial charge >= 0.3 is 17.9 Å². The van der Waals surface area contributed by atoms with Crippen molar-refractivity contribution in [1.82, 2.24) is 0 Å². The van der Waals surface area contributed by atoms with Gasteiger partial charge in [0.15, 0.2) is 6.10 Å². The molecule has 0 aromatic rings. The Morgan fingerprint density at radius 1 is 0.219 bits per heavy atom. The van der Waals surface area contributed by atoms with Gasteiger partial charge in [0.05, 0.1) is 0 Å². The smallest absolute Gasteiger partial charge is 0.306 e. The van der Waals surface area contributed by atoms with Crippen LogP contribution in [0.3, 0.4) is 0 Å². The lowest BCUT2D eigenvalue weighted by Gasteiger charge is -2.18. The summed E-state index contributed by atoms with van der Waals surface area (Å²) < 4.78 is 17.0. The molecule has 6 nitrogen and oxygen atoms in total. The fraction of sp³-hybridized carbons (Fsp3) is 0.955. The second-order valence-corrected chi connectivity index (χ2v) is 23.1. The van der Waals surface area contributed by atoms with Gasteiger partial charge in [-0.25, -0.2) is 0 Å². The number of carbonyl (C=O) groups is 3. The van der Waals surface area contributed by atoms with Gasteiger partial charge in [0.2, 0.25) is 0 Å². The third-order valence-corrected chi connectivity index (χ3v) is 15.6. The zero-order valence-electron chi connectivity index (χ0n) is 50.0. The molecule has 0 rings (SSSR count). The first-order valence-electron chi connectivity index (χ1n) is 33.5. The highest BCUT2D eigenvalue weighted by atomic mass is 16.6. The Balaban J connectivity index is 4.26. The van der Waals surface area contributed by atoms with E-state index in [1.165, 1.54) is 295 Å². The van der Waals surface area contributed by atoms with Crippen LogP contribution in [0.2, 0.25) is 0 Å². The van der Waals surface area contributed by atoms with Crippen LogP contribution in [0.4, 0.5) is 0 Å². The molecule has 0 aromatic carbocycles. The normalized spacial score (nSPS) is 11.9. The van der Waals surface area contributed by atoms with Crippen LogP contribution in [0.1, 0.15) is 393 Å². The molecule has 0 aliphatic rings. The largest absolute Gasteiger partial charge is 0.462 e. The van der Waals surface area contributed by atoms with Crippen LogP contribution < -0.4 is 0 Å². The molecule has 0 bridgehead atoms. The fourth-order valence-corrected chi connectivity index (χ4v) is 10.6. The first-order chi connectivity index (χ1) is 36.0. The van der Waals surface area contributed by atoms with Crippen molar-refractivity contribution in [3.05, 3.63) is 0 Å². The van der Waals surface area contributed by atoms with Crippen molar-refractivity contribution in [2.24, 2.45) is 0 Å². The molecule has 0 aliphatic heterocycles. The molecule has 0 unspecified atom stereocenters. The molecule has 0 amide bonds. The molecule has 0 aliphatic carbocycles. The van der Waals surface area contributed by atoms with E-state index in [4.69, 9.17) is 14.2 Å². The van der Waals surface area contributed by atoms with E-state index < -0.39 is 6.10 Å². The van der Waals surface area contributed by atoms with Gasteiger partial charge < -0.3 is 14.2 Å². The Morgan fingerprint density at radius 2 is 0.370 bits per heavy atom. The number of rotatable bonds is 63. The molecule has 0 saturated carbocycles. The van der Waals surface area contributed by atoms with E-state index in [9.17, 15) is 14.4 Å². The van der Waals surface area contributed by atoms with Gasteiger partial charge in [-0.15, -0.1) is 0 Å². The average Bonchev–Trinajstić information content (AvgIpc) is 3.39. The summed E-state index contributed by atoms with van der Waals surface area (Å²) in [6, 6.07) is 0. The zero-order valence-corrected chi connectivity index (χ0v) is 50.0. The van der Waals surface area contributed by atoms with Crippen LogP contribution in [0.15, 0.2) is 0 Å². The van der Waals surface area contributed by atoms with E-state index in [1.807, 2.05) is 0 Å². The maximum absolute atomic E-state index is 12.9. The van der Waals surface area contributed by atoms with Gasteiger partial charge in [0.1, 0.15) is 13.2 Å². The van der Waals surface area contributed by atoms with Gasteiger partial charge in [-0.3, -0.25) is 14.4 Å². The third-order valence-electron chi connectivity index (χ3n) is 15.6. The topological polar surface area (TPSA) is 78.9 Å². The van der Waals surface area contributed by atoms with Crippen molar-refractivity contribution in [2.75, 3.05) is 13.2 Å². The van der Waals surface area contributed by atoms with Crippen molar-refractivity contribution in [2.45, 2.75) is 399 Å². The molecule has 1 atom stereocenters. The standard InChI is InChI=1S/C67H130O6/c1-4-7-10-13-16-19-22-25-28-30-32-33-35-37-40-43-46-49-52-55-58-61-67(70)73-64(62-71-65(68)59-56-53-50-47-44-41-38-27-24-21-18-15-12-9-6-3)63-72-66(69)60-57-54-51-48-45-42-39-36-34-31-29-26-23-20-17-14-11-8-5-2/h64H,4-63H2,1-3H3/t64-/m0/s1. The molecule has 0 saturated heterocycles. The van der Waals surface area contributed by atoms with Crippen LogP contribution in [0.25, 0.3) is 0 Å². The minimum Gasteiger partial charge on any atom is -0.462 e. The molecule has 0 N–H and O–H groups in total. The predicted octanol–water partition coefficient (Wildman–Crippen LogP) is 22.7. The van der Waals surface area contributed by atoms with Crippen molar-refractivity contribution in [3.8, 4) is 0 Å². The highest BCUT2D eigenvalue weighted by Gasteiger charge is 2.19.